The maximum atomic E-state index is 11.8. The minimum absolute atomic E-state index is 0.0637. The molecule has 0 aliphatic carbocycles. The van der Waals surface area contributed by atoms with E-state index in [0.29, 0.717) is 17.9 Å². The first-order valence-corrected chi connectivity index (χ1v) is 6.58. The molecule has 1 aromatic rings. The van der Waals surface area contributed by atoms with Crippen LogP contribution in [0.2, 0.25) is 0 Å². The molecule has 4 N–H and O–H groups in total. The zero-order valence-corrected chi connectivity index (χ0v) is 11.6. The number of carbonyl (C=O) groups is 2. The largest absolute Gasteiger partial charge is 0.491 e. The zero-order chi connectivity index (χ0) is 14.8. The van der Waals surface area contributed by atoms with E-state index in [4.69, 9.17) is 10.5 Å². The van der Waals surface area contributed by atoms with Crippen LogP contribution in [-0.4, -0.2) is 32.0 Å². The molecule has 0 atom stereocenters. The summed E-state index contributed by atoms with van der Waals surface area (Å²) in [6.45, 7) is 0.992. The van der Waals surface area contributed by atoms with E-state index in [1.807, 2.05) is 13.1 Å². The van der Waals surface area contributed by atoms with Gasteiger partial charge in [-0.25, -0.2) is 0 Å². The normalized spacial score (nSPS) is 10.1. The number of primary amides is 1. The number of amides is 2. The van der Waals surface area contributed by atoms with Crippen LogP contribution < -0.4 is 21.1 Å². The maximum Gasteiger partial charge on any atom is 0.224 e. The Labute approximate surface area is 118 Å². The fraction of sp³-hybridized carbons (Fsp3) is 0.429. The molecule has 0 fully saturated rings. The summed E-state index contributed by atoms with van der Waals surface area (Å²) in [6.07, 6.45) is 1.36. The highest BCUT2D eigenvalue weighted by Crippen LogP contribution is 2.24. The number of benzene rings is 1. The minimum Gasteiger partial charge on any atom is -0.491 e. The van der Waals surface area contributed by atoms with Crippen molar-refractivity contribution in [3.05, 3.63) is 24.3 Å². The van der Waals surface area contributed by atoms with E-state index in [0.717, 1.165) is 13.0 Å². The second-order valence-corrected chi connectivity index (χ2v) is 4.32. The van der Waals surface area contributed by atoms with E-state index in [9.17, 15) is 9.59 Å². The van der Waals surface area contributed by atoms with Gasteiger partial charge in [0.05, 0.1) is 18.7 Å². The van der Waals surface area contributed by atoms with Crippen molar-refractivity contribution in [2.24, 2.45) is 5.73 Å². The fourth-order valence-corrected chi connectivity index (χ4v) is 1.60. The molecule has 1 aromatic carbocycles. The van der Waals surface area contributed by atoms with Crippen LogP contribution in [0.25, 0.3) is 0 Å². The molecule has 0 heterocycles. The first-order valence-electron chi connectivity index (χ1n) is 6.58. The lowest BCUT2D eigenvalue weighted by Crippen LogP contribution is -2.17. The Kier molecular flexibility index (Phi) is 7.13. The molecule has 1 rings (SSSR count). The summed E-state index contributed by atoms with van der Waals surface area (Å²) in [5, 5.41) is 5.79. The monoisotopic (exact) mass is 279 g/mol. The van der Waals surface area contributed by atoms with Crippen LogP contribution in [-0.2, 0) is 9.59 Å². The third kappa shape index (κ3) is 6.19. The summed E-state index contributed by atoms with van der Waals surface area (Å²) >= 11 is 0. The fourth-order valence-electron chi connectivity index (χ4n) is 1.60. The topological polar surface area (TPSA) is 93.4 Å². The Morgan fingerprint density at radius 3 is 2.70 bits per heavy atom. The van der Waals surface area contributed by atoms with E-state index in [-0.39, 0.29) is 18.9 Å². The van der Waals surface area contributed by atoms with Crippen LogP contribution in [0.3, 0.4) is 0 Å². The second kappa shape index (κ2) is 8.92. The minimum atomic E-state index is -0.418. The third-order valence-corrected chi connectivity index (χ3v) is 2.60. The molecule has 6 nitrogen and oxygen atoms in total. The molecule has 2 amide bonds. The first kappa shape index (κ1) is 16.0. The van der Waals surface area contributed by atoms with Gasteiger partial charge in [-0.05, 0) is 32.1 Å². The quantitative estimate of drug-likeness (QED) is 0.585. The van der Waals surface area contributed by atoms with Crippen molar-refractivity contribution in [1.29, 1.82) is 0 Å². The summed E-state index contributed by atoms with van der Waals surface area (Å²) in [5.74, 6) is 0.0560. The highest BCUT2D eigenvalue weighted by Gasteiger charge is 2.07. The SMILES string of the molecule is CNCCCC(=O)Nc1ccccc1OCCC(N)=O. The molecule has 0 radical (unpaired) electrons. The number of carbonyl (C=O) groups excluding carboxylic acids is 2. The van der Waals surface area contributed by atoms with Crippen molar-refractivity contribution in [2.75, 3.05) is 25.5 Å². The van der Waals surface area contributed by atoms with E-state index in [2.05, 4.69) is 10.6 Å². The predicted molar refractivity (Wildman–Crippen MR) is 77.5 cm³/mol. The average molecular weight is 279 g/mol. The van der Waals surface area contributed by atoms with Gasteiger partial charge in [0, 0.05) is 6.42 Å². The number of hydrogen-bond acceptors (Lipinski definition) is 4. The molecule has 20 heavy (non-hydrogen) atoms. The Balaban J connectivity index is 2.51. The lowest BCUT2D eigenvalue weighted by molar-refractivity contribution is -0.118. The van der Waals surface area contributed by atoms with Crippen LogP contribution in [0.4, 0.5) is 5.69 Å². The summed E-state index contributed by atoms with van der Waals surface area (Å²) < 4.78 is 5.45. The highest BCUT2D eigenvalue weighted by atomic mass is 16.5. The van der Waals surface area contributed by atoms with Crippen LogP contribution in [0.15, 0.2) is 24.3 Å². The third-order valence-electron chi connectivity index (χ3n) is 2.60. The predicted octanol–water partition coefficient (Wildman–Crippen LogP) is 0.879. The molecular formula is C14H21N3O3. The van der Waals surface area contributed by atoms with Gasteiger partial charge in [0.2, 0.25) is 11.8 Å². The standard InChI is InChI=1S/C14H21N3O3/c1-16-9-4-7-14(19)17-11-5-2-3-6-12(11)20-10-8-13(15)18/h2-3,5-6,16H,4,7-10H2,1H3,(H2,15,18)(H,17,19). The number of rotatable bonds is 9. The van der Waals surface area contributed by atoms with Crippen molar-refractivity contribution >= 4 is 17.5 Å². The van der Waals surface area contributed by atoms with E-state index < -0.39 is 5.91 Å². The molecule has 0 bridgehead atoms. The van der Waals surface area contributed by atoms with Crippen molar-refractivity contribution < 1.29 is 14.3 Å². The highest BCUT2D eigenvalue weighted by molar-refractivity contribution is 5.92. The molecule has 0 aliphatic rings. The van der Waals surface area contributed by atoms with Crippen LogP contribution in [0.5, 0.6) is 5.75 Å². The van der Waals surface area contributed by atoms with Crippen molar-refractivity contribution in [3.63, 3.8) is 0 Å². The molecular weight excluding hydrogens is 258 g/mol. The van der Waals surface area contributed by atoms with Crippen LogP contribution in [0.1, 0.15) is 19.3 Å². The lowest BCUT2D eigenvalue weighted by atomic mass is 10.2. The van der Waals surface area contributed by atoms with Crippen molar-refractivity contribution in [1.82, 2.24) is 5.32 Å². The Hall–Kier alpha value is -2.08. The van der Waals surface area contributed by atoms with Gasteiger partial charge in [-0.1, -0.05) is 12.1 Å². The van der Waals surface area contributed by atoms with Crippen LogP contribution >= 0.6 is 0 Å². The van der Waals surface area contributed by atoms with Gasteiger partial charge in [-0.3, -0.25) is 9.59 Å². The second-order valence-electron chi connectivity index (χ2n) is 4.32. The Bertz CT molecular complexity index is 449. The van der Waals surface area contributed by atoms with Gasteiger partial charge in [-0.2, -0.15) is 0 Å². The van der Waals surface area contributed by atoms with Crippen molar-refractivity contribution in [2.45, 2.75) is 19.3 Å². The molecule has 0 aliphatic heterocycles. The number of nitrogens with two attached hydrogens (primary N) is 1. The zero-order valence-electron chi connectivity index (χ0n) is 11.6. The van der Waals surface area contributed by atoms with Gasteiger partial charge in [-0.15, -0.1) is 0 Å². The molecule has 0 saturated heterocycles. The Morgan fingerprint density at radius 2 is 2.00 bits per heavy atom. The molecule has 0 unspecified atom stereocenters. The summed E-state index contributed by atoms with van der Waals surface area (Å²) in [4.78, 5) is 22.4. The number of nitrogens with one attached hydrogen (secondary N) is 2. The summed E-state index contributed by atoms with van der Waals surface area (Å²) in [7, 11) is 1.85. The average Bonchev–Trinajstić information content (AvgIpc) is 2.40. The van der Waals surface area contributed by atoms with E-state index in [1.165, 1.54) is 0 Å². The number of para-hydroxylation sites is 2. The van der Waals surface area contributed by atoms with Gasteiger partial charge >= 0.3 is 0 Å². The molecule has 6 heteroatoms. The smallest absolute Gasteiger partial charge is 0.224 e. The summed E-state index contributed by atoms with van der Waals surface area (Å²) in [6, 6.07) is 7.11. The molecule has 0 spiro atoms. The Morgan fingerprint density at radius 1 is 1.25 bits per heavy atom. The van der Waals surface area contributed by atoms with Crippen molar-refractivity contribution in [3.8, 4) is 5.75 Å². The van der Waals surface area contributed by atoms with Gasteiger partial charge in [0.25, 0.3) is 0 Å². The van der Waals surface area contributed by atoms with E-state index >= 15 is 0 Å². The van der Waals surface area contributed by atoms with Crippen LogP contribution in [0, 0.1) is 0 Å². The molecule has 110 valence electrons. The number of hydrogen-bond donors (Lipinski definition) is 3. The number of anilines is 1. The van der Waals surface area contributed by atoms with Gasteiger partial charge in [0.1, 0.15) is 5.75 Å². The lowest BCUT2D eigenvalue weighted by Gasteiger charge is -2.12. The van der Waals surface area contributed by atoms with Gasteiger partial charge in [0.15, 0.2) is 0 Å². The molecule has 0 aromatic heterocycles. The first-order chi connectivity index (χ1) is 9.63. The van der Waals surface area contributed by atoms with E-state index in [1.54, 1.807) is 18.2 Å². The van der Waals surface area contributed by atoms with Gasteiger partial charge < -0.3 is 21.1 Å². The summed E-state index contributed by atoms with van der Waals surface area (Å²) in [5.41, 5.74) is 5.65. The molecule has 0 saturated carbocycles. The maximum absolute atomic E-state index is 11.8. The number of ether oxygens (including phenoxy) is 1.